The van der Waals surface area contributed by atoms with Crippen molar-refractivity contribution in [2.45, 2.75) is 115 Å². The lowest BCUT2D eigenvalue weighted by atomic mass is 9.97. The van der Waals surface area contributed by atoms with Crippen LogP contribution in [0.1, 0.15) is 107 Å². The maximum absolute atomic E-state index is 13.4. The monoisotopic (exact) mass is 832 g/mol. The van der Waals surface area contributed by atoms with Gasteiger partial charge in [0, 0.05) is 5.56 Å². The molecule has 2 aromatic carbocycles. The van der Waals surface area contributed by atoms with E-state index < -0.39 is 102 Å². The Labute approximate surface area is 326 Å². The van der Waals surface area contributed by atoms with E-state index in [1.165, 1.54) is 89.2 Å². The number of carbonyl (C=O) groups is 4. The Bertz CT molecular complexity index is 1810. The summed E-state index contributed by atoms with van der Waals surface area (Å²) in [5.41, 5.74) is -4.34. The Morgan fingerprint density at radius 2 is 0.982 bits per heavy atom. The molecular formula is C37H54O17P2. The number of esters is 4. The van der Waals surface area contributed by atoms with Gasteiger partial charge in [0.15, 0.2) is 0 Å². The van der Waals surface area contributed by atoms with Crippen LogP contribution >= 0.6 is 15.2 Å². The van der Waals surface area contributed by atoms with Crippen LogP contribution < -0.4 is 10.6 Å². The number of phenols is 2. The summed E-state index contributed by atoms with van der Waals surface area (Å²) in [6.45, 7) is 13.5. The first kappa shape index (κ1) is 48.3. The number of phenolic OH excluding ortho intramolecular Hbond substituents is 2. The molecule has 2 rings (SSSR count). The fourth-order valence-corrected chi connectivity index (χ4v) is 6.00. The zero-order chi connectivity index (χ0) is 43.4. The van der Waals surface area contributed by atoms with Crippen LogP contribution in [0, 0.1) is 21.7 Å². The van der Waals surface area contributed by atoms with Crippen molar-refractivity contribution in [3.05, 3.63) is 47.5 Å². The predicted molar refractivity (Wildman–Crippen MR) is 200 cm³/mol. The molecule has 314 valence electrons. The highest BCUT2D eigenvalue weighted by molar-refractivity contribution is 7.61. The summed E-state index contributed by atoms with van der Waals surface area (Å²) in [5.74, 6) is -4.86. The third-order valence-electron chi connectivity index (χ3n) is 7.47. The quantitative estimate of drug-likeness (QED) is 0.0914. The molecule has 0 amide bonds. The maximum Gasteiger partial charge on any atom is 0.372 e. The second kappa shape index (κ2) is 17.8. The topological polar surface area (TPSA) is 259 Å². The van der Waals surface area contributed by atoms with Crippen LogP contribution in [0.25, 0.3) is 0 Å². The number of aromatic hydroxyl groups is 2. The number of aliphatic hydroxyl groups excluding tert-OH is 1. The van der Waals surface area contributed by atoms with Crippen LogP contribution in [-0.4, -0.2) is 61.9 Å². The summed E-state index contributed by atoms with van der Waals surface area (Å²) < 4.78 is 57.3. The lowest BCUT2D eigenvalue weighted by Gasteiger charge is -2.27. The molecule has 3 atom stereocenters. The summed E-state index contributed by atoms with van der Waals surface area (Å²) in [4.78, 5) is 71.8. The number of ether oxygens (including phenoxy) is 4. The van der Waals surface area contributed by atoms with Crippen molar-refractivity contribution >= 4 is 49.7 Å². The van der Waals surface area contributed by atoms with E-state index in [1.54, 1.807) is 0 Å². The fourth-order valence-electron chi connectivity index (χ4n) is 3.95. The summed E-state index contributed by atoms with van der Waals surface area (Å²) >= 11 is 0. The molecular weight excluding hydrogens is 778 g/mol. The van der Waals surface area contributed by atoms with Gasteiger partial charge in [-0.05, 0) is 132 Å². The number of aliphatic hydroxyl groups is 1. The van der Waals surface area contributed by atoms with Gasteiger partial charge in [0.05, 0.1) is 33.1 Å². The number of hydrogen-bond acceptors (Lipinski definition) is 15. The molecule has 0 aliphatic carbocycles. The van der Waals surface area contributed by atoms with Gasteiger partial charge < -0.3 is 44.1 Å². The molecule has 0 aromatic heterocycles. The van der Waals surface area contributed by atoms with Gasteiger partial charge in [-0.3, -0.25) is 28.3 Å². The molecule has 56 heavy (non-hydrogen) atoms. The van der Waals surface area contributed by atoms with E-state index in [0.29, 0.717) is 5.56 Å². The van der Waals surface area contributed by atoms with Gasteiger partial charge >= 0.3 is 52.0 Å². The van der Waals surface area contributed by atoms with Gasteiger partial charge in [-0.2, -0.15) is 0 Å². The Morgan fingerprint density at radius 3 is 1.36 bits per heavy atom. The molecule has 0 aliphatic heterocycles. The zero-order valence-electron chi connectivity index (χ0n) is 33.6. The van der Waals surface area contributed by atoms with E-state index in [0.717, 1.165) is 30.3 Å². The highest BCUT2D eigenvalue weighted by Crippen LogP contribution is 2.47. The molecule has 5 N–H and O–H groups in total. The van der Waals surface area contributed by atoms with Crippen molar-refractivity contribution < 1.29 is 81.4 Å². The van der Waals surface area contributed by atoms with Gasteiger partial charge in [0.25, 0.3) is 0 Å². The van der Waals surface area contributed by atoms with Crippen molar-refractivity contribution in [2.75, 3.05) is 0 Å². The molecule has 0 saturated carbocycles. The van der Waals surface area contributed by atoms with E-state index in [1.807, 2.05) is 0 Å². The van der Waals surface area contributed by atoms with Crippen molar-refractivity contribution in [1.82, 2.24) is 0 Å². The van der Waals surface area contributed by atoms with Gasteiger partial charge in [0.1, 0.15) is 16.8 Å². The first-order valence-corrected chi connectivity index (χ1v) is 20.5. The Kier molecular flexibility index (Phi) is 15.3. The first-order chi connectivity index (χ1) is 25.1. The number of carbonyl (C=O) groups excluding carboxylic acids is 4. The fraction of sp³-hybridized carbons (Fsp3) is 0.568. The third-order valence-corrected chi connectivity index (χ3v) is 10.3. The van der Waals surface area contributed by atoms with Gasteiger partial charge in [0.2, 0.25) is 0 Å². The van der Waals surface area contributed by atoms with E-state index in [2.05, 4.69) is 0 Å². The van der Waals surface area contributed by atoms with Gasteiger partial charge in [-0.15, -0.1) is 0 Å². The SMILES string of the molecule is CC(C)(C)C(=O)OC(OC(=O)C(C)(C)C)OP(=O)(O)c1ccc(O)c(C(O)CCc2ccc(P(=O)(O)OC(OC(=O)C(C)(C)C)OC(=O)C(C)(C)C)c(O)c2)c1. The third kappa shape index (κ3) is 14.0. The van der Waals surface area contributed by atoms with E-state index in [-0.39, 0.29) is 18.4 Å². The Morgan fingerprint density at radius 1 is 0.589 bits per heavy atom. The van der Waals surface area contributed by atoms with Crippen LogP contribution in [-0.2, 0) is 62.7 Å². The Hall–Kier alpha value is -3.82. The Balaban J connectivity index is 2.29. The summed E-state index contributed by atoms with van der Waals surface area (Å²) in [6, 6.07) is 6.46. The standard InChI is InChI=1S/C37H54O17P2/c1-34(2,3)28(41)49-32(50-29(42)35(4,5)6)53-55(45,46)22-15-17-25(39)23(20-22)24(38)16-13-21-14-18-27(26(40)19-21)56(47,48)54-33(51-30(43)36(7,8)9)52-31(44)37(10,11)12/h14-15,17-20,24,32-33,38-40H,13,16H2,1-12H3,(H,45,46)(H,47,48). The first-order valence-electron chi connectivity index (χ1n) is 17.4. The second-order valence-corrected chi connectivity index (χ2v) is 20.6. The van der Waals surface area contributed by atoms with Gasteiger partial charge in [-0.1, -0.05) is 6.07 Å². The molecule has 0 saturated heterocycles. The smallest absolute Gasteiger partial charge is 0.372 e. The lowest BCUT2D eigenvalue weighted by molar-refractivity contribution is -0.247. The van der Waals surface area contributed by atoms with E-state index in [4.69, 9.17) is 28.0 Å². The van der Waals surface area contributed by atoms with Crippen molar-refractivity contribution in [1.29, 1.82) is 0 Å². The molecule has 17 nitrogen and oxygen atoms in total. The summed E-state index contributed by atoms with van der Waals surface area (Å²) in [6.07, 6.45) is -1.68. The average molecular weight is 833 g/mol. The second-order valence-electron chi connectivity index (χ2n) is 17.1. The van der Waals surface area contributed by atoms with Crippen LogP contribution in [0.15, 0.2) is 36.4 Å². The minimum atomic E-state index is -5.04. The molecule has 3 unspecified atom stereocenters. The van der Waals surface area contributed by atoms with Crippen molar-refractivity contribution in [3.63, 3.8) is 0 Å². The molecule has 19 heteroatoms. The normalized spacial score (nSPS) is 15.4. The molecule has 0 aliphatic rings. The van der Waals surface area contributed by atoms with Gasteiger partial charge in [-0.25, -0.2) is 9.05 Å². The van der Waals surface area contributed by atoms with Crippen LogP contribution in [0.2, 0.25) is 0 Å². The average Bonchev–Trinajstić information content (AvgIpc) is 3.01. The number of aryl methyl sites for hydroxylation is 1. The minimum absolute atomic E-state index is 0.0227. The maximum atomic E-state index is 13.4. The molecule has 0 radical (unpaired) electrons. The molecule has 0 fully saturated rings. The molecule has 0 bridgehead atoms. The van der Waals surface area contributed by atoms with Crippen LogP contribution in [0.3, 0.4) is 0 Å². The molecule has 0 heterocycles. The largest absolute Gasteiger partial charge is 0.508 e. The number of rotatable bonds is 14. The summed E-state index contributed by atoms with van der Waals surface area (Å²) in [7, 11) is -10.0. The summed E-state index contributed by atoms with van der Waals surface area (Å²) in [5, 5.41) is 31.1. The van der Waals surface area contributed by atoms with E-state index in [9.17, 15) is 53.4 Å². The molecule has 2 aromatic rings. The molecule has 0 spiro atoms. The van der Waals surface area contributed by atoms with Crippen molar-refractivity contribution in [3.8, 4) is 11.5 Å². The minimum Gasteiger partial charge on any atom is -0.508 e. The highest BCUT2D eigenvalue weighted by atomic mass is 31.2. The number of hydrogen-bond donors (Lipinski definition) is 5. The lowest BCUT2D eigenvalue weighted by Crippen LogP contribution is -2.36. The predicted octanol–water partition coefficient (Wildman–Crippen LogP) is 5.34. The van der Waals surface area contributed by atoms with E-state index >= 15 is 0 Å². The number of benzene rings is 2. The van der Waals surface area contributed by atoms with Crippen LogP contribution in [0.5, 0.6) is 11.5 Å². The van der Waals surface area contributed by atoms with Crippen molar-refractivity contribution in [2.24, 2.45) is 21.7 Å². The zero-order valence-corrected chi connectivity index (χ0v) is 35.4. The van der Waals surface area contributed by atoms with Crippen LogP contribution in [0.4, 0.5) is 0 Å². The highest BCUT2D eigenvalue weighted by Gasteiger charge is 2.40.